The van der Waals surface area contributed by atoms with E-state index in [1.807, 2.05) is 61.5 Å². The van der Waals surface area contributed by atoms with E-state index in [0.29, 0.717) is 17.6 Å². The molecule has 2 aromatic carbocycles. The maximum absolute atomic E-state index is 13.2. The van der Waals surface area contributed by atoms with Crippen LogP contribution in [0.4, 0.5) is 0 Å². The van der Waals surface area contributed by atoms with Gasteiger partial charge in [-0.15, -0.1) is 0 Å². The van der Waals surface area contributed by atoms with E-state index in [1.165, 1.54) is 4.57 Å². The minimum absolute atomic E-state index is 0.221. The summed E-state index contributed by atoms with van der Waals surface area (Å²) in [7, 11) is 0. The maximum Gasteiger partial charge on any atom is 0.332 e. The lowest BCUT2D eigenvalue weighted by Crippen LogP contribution is -2.40. The van der Waals surface area contributed by atoms with E-state index in [4.69, 9.17) is 0 Å². The second-order valence-electron chi connectivity index (χ2n) is 6.61. The summed E-state index contributed by atoms with van der Waals surface area (Å²) in [4.78, 5) is 30.3. The molecule has 0 spiro atoms. The molecule has 0 atom stereocenters. The van der Waals surface area contributed by atoms with E-state index in [2.05, 4.69) is 4.98 Å². The van der Waals surface area contributed by atoms with E-state index >= 15 is 0 Å². The molecule has 134 valence electrons. The third-order valence-corrected chi connectivity index (χ3v) is 4.59. The number of fused-ring (bicyclic) bond motifs is 1. The van der Waals surface area contributed by atoms with Crippen molar-refractivity contribution in [3.05, 3.63) is 110 Å². The molecule has 0 saturated heterocycles. The molecule has 2 aromatic heterocycles. The van der Waals surface area contributed by atoms with Crippen molar-refractivity contribution in [2.24, 2.45) is 0 Å². The fraction of sp³-hybridized carbons (Fsp3) is 0.136. The third-order valence-electron chi connectivity index (χ3n) is 4.59. The van der Waals surface area contributed by atoms with Crippen molar-refractivity contribution < 1.29 is 0 Å². The van der Waals surface area contributed by atoms with Gasteiger partial charge in [0, 0.05) is 6.20 Å². The molecule has 27 heavy (non-hydrogen) atoms. The Morgan fingerprint density at radius 3 is 2.33 bits per heavy atom. The molecular formula is C22H19N3O2. The number of nitrogens with zero attached hydrogens (tertiary/aromatic N) is 3. The zero-order chi connectivity index (χ0) is 18.8. The quantitative estimate of drug-likeness (QED) is 0.564. The van der Waals surface area contributed by atoms with Gasteiger partial charge in [-0.05, 0) is 30.2 Å². The monoisotopic (exact) mass is 357 g/mol. The molecule has 4 rings (SSSR count). The van der Waals surface area contributed by atoms with Gasteiger partial charge in [0.1, 0.15) is 0 Å². The van der Waals surface area contributed by atoms with E-state index in [1.54, 1.807) is 22.9 Å². The molecule has 0 radical (unpaired) electrons. The molecule has 0 aliphatic carbocycles. The van der Waals surface area contributed by atoms with Crippen LogP contribution in [0.2, 0.25) is 0 Å². The Morgan fingerprint density at radius 1 is 0.815 bits per heavy atom. The average molecular weight is 357 g/mol. The molecule has 0 N–H and O–H groups in total. The van der Waals surface area contributed by atoms with Crippen LogP contribution in [0.1, 0.15) is 16.7 Å². The van der Waals surface area contributed by atoms with Gasteiger partial charge in [0.05, 0.1) is 18.6 Å². The lowest BCUT2D eigenvalue weighted by Gasteiger charge is -2.14. The second-order valence-corrected chi connectivity index (χ2v) is 6.61. The van der Waals surface area contributed by atoms with Crippen LogP contribution in [0.25, 0.3) is 11.0 Å². The van der Waals surface area contributed by atoms with Crippen molar-refractivity contribution in [2.45, 2.75) is 20.0 Å². The van der Waals surface area contributed by atoms with Gasteiger partial charge in [-0.3, -0.25) is 13.9 Å². The first kappa shape index (κ1) is 17.0. The van der Waals surface area contributed by atoms with Crippen molar-refractivity contribution in [1.82, 2.24) is 14.1 Å². The summed E-state index contributed by atoms with van der Waals surface area (Å²) in [6.45, 7) is 2.62. The first-order valence-corrected chi connectivity index (χ1v) is 8.81. The Bertz CT molecular complexity index is 1220. The average Bonchev–Trinajstić information content (AvgIpc) is 2.69. The molecule has 4 aromatic rings. The molecule has 0 amide bonds. The third kappa shape index (κ3) is 3.31. The van der Waals surface area contributed by atoms with Crippen LogP contribution in [-0.4, -0.2) is 14.1 Å². The summed E-state index contributed by atoms with van der Waals surface area (Å²) in [5.74, 6) is 0. The minimum Gasteiger partial charge on any atom is -0.287 e. The number of benzene rings is 2. The zero-order valence-electron chi connectivity index (χ0n) is 15.0. The predicted octanol–water partition coefficient (Wildman–Crippen LogP) is 2.96. The smallest absolute Gasteiger partial charge is 0.287 e. The van der Waals surface area contributed by atoms with E-state index < -0.39 is 0 Å². The largest absolute Gasteiger partial charge is 0.332 e. The molecule has 0 aliphatic rings. The molecule has 5 nitrogen and oxygen atoms in total. The summed E-state index contributed by atoms with van der Waals surface area (Å²) in [5, 5.41) is 0. The second kappa shape index (κ2) is 7.03. The Labute approximate surface area is 156 Å². The summed E-state index contributed by atoms with van der Waals surface area (Å²) < 4.78 is 2.89. The van der Waals surface area contributed by atoms with Gasteiger partial charge in [-0.1, -0.05) is 60.2 Å². The fourth-order valence-electron chi connectivity index (χ4n) is 3.29. The Hall–Kier alpha value is -3.47. The lowest BCUT2D eigenvalue weighted by molar-refractivity contribution is 0.633. The highest BCUT2D eigenvalue weighted by molar-refractivity contribution is 5.73. The first-order chi connectivity index (χ1) is 13.1. The molecule has 0 bridgehead atoms. The Kier molecular flexibility index (Phi) is 4.42. The highest BCUT2D eigenvalue weighted by Gasteiger charge is 2.14. The lowest BCUT2D eigenvalue weighted by atomic mass is 10.1. The van der Waals surface area contributed by atoms with Crippen LogP contribution in [0.15, 0.2) is 82.5 Å². The first-order valence-electron chi connectivity index (χ1n) is 8.81. The number of hydrogen-bond acceptors (Lipinski definition) is 3. The molecule has 0 fully saturated rings. The molecule has 2 heterocycles. The van der Waals surface area contributed by atoms with Crippen LogP contribution >= 0.6 is 0 Å². The Balaban J connectivity index is 1.92. The maximum atomic E-state index is 13.2. The molecule has 0 unspecified atom stereocenters. The normalized spacial score (nSPS) is 11.0. The standard InChI is InChI=1S/C22H19N3O2/c1-16-7-5-10-18(13-16)15-24-19-11-6-12-23-20(19)21(26)25(22(24)27)14-17-8-3-2-4-9-17/h2-13H,14-15H2,1H3. The molecule has 0 aliphatic heterocycles. The number of hydrogen-bond donors (Lipinski definition) is 0. The number of pyridine rings is 1. The van der Waals surface area contributed by atoms with Crippen molar-refractivity contribution >= 4 is 11.0 Å². The summed E-state index contributed by atoms with van der Waals surface area (Å²) >= 11 is 0. The SMILES string of the molecule is Cc1cccc(Cn2c(=O)n(Cc3ccccc3)c(=O)c3ncccc32)c1. The van der Waals surface area contributed by atoms with Crippen molar-refractivity contribution in [2.75, 3.05) is 0 Å². The van der Waals surface area contributed by atoms with Crippen molar-refractivity contribution in [1.29, 1.82) is 0 Å². The van der Waals surface area contributed by atoms with Gasteiger partial charge in [0.25, 0.3) is 5.56 Å². The summed E-state index contributed by atoms with van der Waals surface area (Å²) in [5.41, 5.74) is 3.20. The van der Waals surface area contributed by atoms with Crippen molar-refractivity contribution in [3.63, 3.8) is 0 Å². The van der Waals surface area contributed by atoms with Gasteiger partial charge < -0.3 is 0 Å². The number of rotatable bonds is 4. The minimum atomic E-state index is -0.361. The highest BCUT2D eigenvalue weighted by Crippen LogP contribution is 2.10. The summed E-state index contributed by atoms with van der Waals surface area (Å²) in [6, 6.07) is 21.0. The Morgan fingerprint density at radius 2 is 1.56 bits per heavy atom. The van der Waals surface area contributed by atoms with Gasteiger partial charge in [0.15, 0.2) is 5.52 Å². The van der Waals surface area contributed by atoms with Gasteiger partial charge in [-0.25, -0.2) is 9.78 Å². The fourth-order valence-corrected chi connectivity index (χ4v) is 3.29. The highest BCUT2D eigenvalue weighted by atomic mass is 16.2. The van der Waals surface area contributed by atoms with Gasteiger partial charge in [-0.2, -0.15) is 0 Å². The van der Waals surface area contributed by atoms with E-state index in [-0.39, 0.29) is 17.8 Å². The number of aryl methyl sites for hydroxylation is 1. The van der Waals surface area contributed by atoms with E-state index in [9.17, 15) is 9.59 Å². The van der Waals surface area contributed by atoms with Crippen LogP contribution in [0, 0.1) is 6.92 Å². The molecule has 5 heteroatoms. The van der Waals surface area contributed by atoms with Crippen molar-refractivity contribution in [3.8, 4) is 0 Å². The van der Waals surface area contributed by atoms with Gasteiger partial charge >= 0.3 is 5.69 Å². The predicted molar refractivity (Wildman–Crippen MR) is 106 cm³/mol. The van der Waals surface area contributed by atoms with Crippen LogP contribution in [0.5, 0.6) is 0 Å². The van der Waals surface area contributed by atoms with Gasteiger partial charge in [0.2, 0.25) is 0 Å². The molecular weight excluding hydrogens is 338 g/mol. The van der Waals surface area contributed by atoms with Crippen LogP contribution < -0.4 is 11.2 Å². The molecule has 0 saturated carbocycles. The summed E-state index contributed by atoms with van der Waals surface area (Å²) in [6.07, 6.45) is 1.58. The topological polar surface area (TPSA) is 56.9 Å². The zero-order valence-corrected chi connectivity index (χ0v) is 15.0. The van der Waals surface area contributed by atoms with Crippen LogP contribution in [-0.2, 0) is 13.1 Å². The number of aromatic nitrogens is 3. The van der Waals surface area contributed by atoms with Crippen LogP contribution in [0.3, 0.4) is 0 Å². The van der Waals surface area contributed by atoms with E-state index in [0.717, 1.165) is 16.7 Å².